The minimum absolute atomic E-state index is 0.532. The second-order valence-electron chi connectivity index (χ2n) is 4.61. The number of alkyl halides is 3. The van der Waals surface area contributed by atoms with Crippen molar-refractivity contribution < 1.29 is 18.3 Å². The van der Waals surface area contributed by atoms with E-state index in [1.165, 1.54) is 17.0 Å². The van der Waals surface area contributed by atoms with Crippen LogP contribution in [0.4, 0.5) is 13.2 Å². The molecule has 0 saturated heterocycles. The predicted octanol–water partition coefficient (Wildman–Crippen LogP) is 4.82. The van der Waals surface area contributed by atoms with Gasteiger partial charge in [-0.2, -0.15) is 13.2 Å². The molecule has 0 aliphatic heterocycles. The number of aliphatic hydroxyl groups excluding tert-OH is 1. The van der Waals surface area contributed by atoms with Crippen molar-refractivity contribution in [3.63, 3.8) is 0 Å². The van der Waals surface area contributed by atoms with Gasteiger partial charge in [-0.1, -0.05) is 18.2 Å². The Morgan fingerprint density at radius 2 is 1.80 bits per heavy atom. The maximum atomic E-state index is 12.4. The summed E-state index contributed by atoms with van der Waals surface area (Å²) >= 11 is 1.67. The number of benzene rings is 1. The third-order valence-corrected chi connectivity index (χ3v) is 4.04. The lowest BCUT2D eigenvalue weighted by Crippen LogP contribution is -2.05. The molecule has 1 heterocycles. The molecule has 0 saturated carbocycles. The molecule has 0 amide bonds. The highest BCUT2D eigenvalue weighted by Gasteiger charge is 2.30. The molecule has 108 valence electrons. The van der Waals surface area contributed by atoms with Crippen LogP contribution in [-0.2, 0) is 12.6 Å². The Morgan fingerprint density at radius 1 is 1.10 bits per heavy atom. The van der Waals surface area contributed by atoms with Gasteiger partial charge in [-0.3, -0.25) is 0 Å². The molecule has 0 bridgehead atoms. The molecule has 0 fully saturated rings. The first-order chi connectivity index (χ1) is 9.47. The molecule has 20 heavy (non-hydrogen) atoms. The third-order valence-electron chi connectivity index (χ3n) is 3.10. The molecule has 2 aromatic rings. The van der Waals surface area contributed by atoms with Crippen LogP contribution < -0.4 is 0 Å². The summed E-state index contributed by atoms with van der Waals surface area (Å²) in [4.78, 5) is 1.25. The van der Waals surface area contributed by atoms with Crippen molar-refractivity contribution >= 4 is 11.3 Å². The van der Waals surface area contributed by atoms with Crippen molar-refractivity contribution in [3.8, 4) is 0 Å². The molecule has 0 aliphatic rings. The lowest BCUT2D eigenvalue weighted by atomic mass is 10.0. The van der Waals surface area contributed by atoms with Crippen LogP contribution in [-0.4, -0.2) is 5.11 Å². The first kappa shape index (κ1) is 15.1. The minimum Gasteiger partial charge on any atom is -0.388 e. The SMILES string of the molecule is OC(CCCc1cccs1)c1ccc(C(F)(F)F)cc1. The topological polar surface area (TPSA) is 20.2 Å². The van der Waals surface area contributed by atoms with Gasteiger partial charge in [-0.05, 0) is 48.4 Å². The van der Waals surface area contributed by atoms with Gasteiger partial charge in [0.1, 0.15) is 0 Å². The van der Waals surface area contributed by atoms with Gasteiger partial charge in [0, 0.05) is 4.88 Å². The highest BCUT2D eigenvalue weighted by molar-refractivity contribution is 7.09. The normalized spacial score (nSPS) is 13.4. The van der Waals surface area contributed by atoms with Crippen LogP contribution in [0.1, 0.15) is 34.9 Å². The van der Waals surface area contributed by atoms with E-state index in [4.69, 9.17) is 0 Å². The van der Waals surface area contributed by atoms with Crippen molar-refractivity contribution in [1.82, 2.24) is 0 Å². The number of hydrogen-bond acceptors (Lipinski definition) is 2. The van der Waals surface area contributed by atoms with Crippen LogP contribution in [0.15, 0.2) is 41.8 Å². The first-order valence-electron chi connectivity index (χ1n) is 6.34. The number of aryl methyl sites for hydroxylation is 1. The van der Waals surface area contributed by atoms with Crippen molar-refractivity contribution in [2.45, 2.75) is 31.5 Å². The summed E-state index contributed by atoms with van der Waals surface area (Å²) in [5.74, 6) is 0. The summed E-state index contributed by atoms with van der Waals surface area (Å²) in [6.07, 6.45) is -2.80. The van der Waals surface area contributed by atoms with Crippen LogP contribution in [0.3, 0.4) is 0 Å². The van der Waals surface area contributed by atoms with E-state index in [-0.39, 0.29) is 0 Å². The maximum absolute atomic E-state index is 12.4. The van der Waals surface area contributed by atoms with E-state index in [2.05, 4.69) is 0 Å². The van der Waals surface area contributed by atoms with Crippen molar-refractivity contribution in [3.05, 3.63) is 57.8 Å². The summed E-state index contributed by atoms with van der Waals surface area (Å²) in [5.41, 5.74) is -0.156. The summed E-state index contributed by atoms with van der Waals surface area (Å²) in [7, 11) is 0. The number of hydrogen-bond donors (Lipinski definition) is 1. The largest absolute Gasteiger partial charge is 0.416 e. The van der Waals surface area contributed by atoms with Gasteiger partial charge in [-0.25, -0.2) is 0 Å². The summed E-state index contributed by atoms with van der Waals surface area (Å²) in [6.45, 7) is 0. The number of thiophene rings is 1. The fraction of sp³-hybridized carbons (Fsp3) is 0.333. The molecule has 5 heteroatoms. The highest BCUT2D eigenvalue weighted by atomic mass is 32.1. The van der Waals surface area contributed by atoms with Gasteiger partial charge in [0.15, 0.2) is 0 Å². The van der Waals surface area contributed by atoms with E-state index < -0.39 is 17.8 Å². The van der Waals surface area contributed by atoms with Gasteiger partial charge < -0.3 is 5.11 Å². The smallest absolute Gasteiger partial charge is 0.388 e. The molecule has 0 spiro atoms. The average Bonchev–Trinajstić information content (AvgIpc) is 2.91. The van der Waals surface area contributed by atoms with E-state index in [1.807, 2.05) is 17.5 Å². The van der Waals surface area contributed by atoms with Gasteiger partial charge in [0.25, 0.3) is 0 Å². The van der Waals surface area contributed by atoms with Crippen molar-refractivity contribution in [1.29, 1.82) is 0 Å². The highest BCUT2D eigenvalue weighted by Crippen LogP contribution is 2.30. The lowest BCUT2D eigenvalue weighted by molar-refractivity contribution is -0.137. The third kappa shape index (κ3) is 4.08. The van der Waals surface area contributed by atoms with Gasteiger partial charge in [-0.15, -0.1) is 11.3 Å². The Kier molecular flexibility index (Phi) is 4.83. The van der Waals surface area contributed by atoms with Crippen LogP contribution in [0.25, 0.3) is 0 Å². The molecular formula is C15H15F3OS. The fourth-order valence-electron chi connectivity index (χ4n) is 1.99. The molecule has 1 unspecified atom stereocenters. The van der Waals surface area contributed by atoms with E-state index >= 15 is 0 Å². The monoisotopic (exact) mass is 300 g/mol. The maximum Gasteiger partial charge on any atom is 0.416 e. The second-order valence-corrected chi connectivity index (χ2v) is 5.64. The Morgan fingerprint density at radius 3 is 2.35 bits per heavy atom. The second kappa shape index (κ2) is 6.41. The van der Waals surface area contributed by atoms with E-state index in [0.29, 0.717) is 12.0 Å². The van der Waals surface area contributed by atoms with E-state index in [1.54, 1.807) is 11.3 Å². The summed E-state index contributed by atoms with van der Waals surface area (Å²) in [6, 6.07) is 8.73. The Labute approximate surface area is 119 Å². The zero-order valence-corrected chi connectivity index (χ0v) is 11.5. The summed E-state index contributed by atoms with van der Waals surface area (Å²) in [5, 5.41) is 12.0. The Hall–Kier alpha value is -1.33. The fourth-order valence-corrected chi connectivity index (χ4v) is 2.74. The Balaban J connectivity index is 1.87. The first-order valence-corrected chi connectivity index (χ1v) is 7.22. The molecule has 1 N–H and O–H groups in total. The molecule has 0 radical (unpaired) electrons. The van der Waals surface area contributed by atoms with Crippen LogP contribution >= 0.6 is 11.3 Å². The van der Waals surface area contributed by atoms with E-state index in [0.717, 1.165) is 25.0 Å². The number of rotatable bonds is 5. The molecule has 1 aromatic carbocycles. The number of halogens is 3. The molecular weight excluding hydrogens is 285 g/mol. The number of aliphatic hydroxyl groups is 1. The van der Waals surface area contributed by atoms with Crippen molar-refractivity contribution in [2.24, 2.45) is 0 Å². The zero-order chi connectivity index (χ0) is 14.6. The summed E-state index contributed by atoms with van der Waals surface area (Å²) < 4.78 is 37.3. The van der Waals surface area contributed by atoms with E-state index in [9.17, 15) is 18.3 Å². The van der Waals surface area contributed by atoms with Crippen LogP contribution in [0.5, 0.6) is 0 Å². The molecule has 1 atom stereocenters. The predicted molar refractivity (Wildman–Crippen MR) is 73.7 cm³/mol. The average molecular weight is 300 g/mol. The minimum atomic E-state index is -4.33. The van der Waals surface area contributed by atoms with Gasteiger partial charge >= 0.3 is 6.18 Å². The molecule has 0 aliphatic carbocycles. The zero-order valence-electron chi connectivity index (χ0n) is 10.7. The molecule has 1 nitrogen and oxygen atoms in total. The molecule has 1 aromatic heterocycles. The Bertz CT molecular complexity index is 517. The van der Waals surface area contributed by atoms with Crippen LogP contribution in [0.2, 0.25) is 0 Å². The quantitative estimate of drug-likeness (QED) is 0.839. The standard InChI is InChI=1S/C15H15F3OS/c16-15(17,18)12-8-6-11(7-9-12)14(19)5-1-3-13-4-2-10-20-13/h2,4,6-10,14,19H,1,3,5H2. The van der Waals surface area contributed by atoms with Gasteiger partial charge in [0.2, 0.25) is 0 Å². The molecule has 2 rings (SSSR count). The van der Waals surface area contributed by atoms with Crippen LogP contribution in [0, 0.1) is 0 Å². The van der Waals surface area contributed by atoms with Gasteiger partial charge in [0.05, 0.1) is 11.7 Å². The van der Waals surface area contributed by atoms with Crippen molar-refractivity contribution in [2.75, 3.05) is 0 Å². The lowest BCUT2D eigenvalue weighted by Gasteiger charge is -2.12.